The maximum atomic E-state index is 2.28. The lowest BCUT2D eigenvalue weighted by molar-refractivity contribution is 0.596. The van der Waals surface area contributed by atoms with E-state index < -0.39 is 0 Å². The highest BCUT2D eigenvalue weighted by Crippen LogP contribution is 2.24. The van der Waals surface area contributed by atoms with Gasteiger partial charge in [0.25, 0.3) is 0 Å². The predicted molar refractivity (Wildman–Crippen MR) is 70.5 cm³/mol. The van der Waals surface area contributed by atoms with Gasteiger partial charge in [-0.1, -0.05) is 63.9 Å². The minimum atomic E-state index is 0.769. The van der Waals surface area contributed by atoms with E-state index in [0.717, 1.165) is 5.92 Å². The van der Waals surface area contributed by atoms with Crippen molar-refractivity contribution in [3.63, 3.8) is 0 Å². The van der Waals surface area contributed by atoms with Gasteiger partial charge in [-0.25, -0.2) is 0 Å². The summed E-state index contributed by atoms with van der Waals surface area (Å²) in [7, 11) is 0. The summed E-state index contributed by atoms with van der Waals surface area (Å²) in [4.78, 5) is 0. The summed E-state index contributed by atoms with van der Waals surface area (Å²) in [6.07, 6.45) is 3.86. The van der Waals surface area contributed by atoms with Crippen LogP contribution in [0.1, 0.15) is 64.0 Å². The molecule has 0 heterocycles. The minimum Gasteiger partial charge on any atom is -0.0683 e. The molecule has 0 saturated carbocycles. The molecule has 15 heavy (non-hydrogen) atoms. The Morgan fingerprint density at radius 1 is 1.00 bits per heavy atom. The molecule has 1 rings (SSSR count). The van der Waals surface area contributed by atoms with E-state index in [2.05, 4.69) is 45.0 Å². The molecule has 1 atom stereocenters. The minimum absolute atomic E-state index is 0.769. The number of hydrogen-bond acceptors (Lipinski definition) is 0. The van der Waals surface area contributed by atoms with Gasteiger partial charge in [-0.2, -0.15) is 0 Å². The molecule has 0 nitrogen and oxygen atoms in total. The Hall–Kier alpha value is -0.780. The van der Waals surface area contributed by atoms with Crippen LogP contribution in [-0.4, -0.2) is 0 Å². The number of aryl methyl sites for hydroxylation is 1. The molecule has 0 amide bonds. The van der Waals surface area contributed by atoms with Crippen LogP contribution in [0.4, 0.5) is 0 Å². The SMILES string of the molecule is CC.CCCC(CC)c1ccc(C)cc1. The van der Waals surface area contributed by atoms with E-state index in [0.29, 0.717) is 0 Å². The van der Waals surface area contributed by atoms with Crippen LogP contribution in [0.25, 0.3) is 0 Å². The van der Waals surface area contributed by atoms with Crippen LogP contribution in [0.15, 0.2) is 24.3 Å². The summed E-state index contributed by atoms with van der Waals surface area (Å²) >= 11 is 0. The molecule has 0 aromatic heterocycles. The molecular weight excluding hydrogens is 180 g/mol. The second-order valence-electron chi connectivity index (χ2n) is 3.80. The van der Waals surface area contributed by atoms with Crippen molar-refractivity contribution in [3.05, 3.63) is 35.4 Å². The van der Waals surface area contributed by atoms with Crippen molar-refractivity contribution in [2.24, 2.45) is 0 Å². The van der Waals surface area contributed by atoms with Crippen molar-refractivity contribution in [2.75, 3.05) is 0 Å². The summed E-state index contributed by atoms with van der Waals surface area (Å²) in [6, 6.07) is 8.99. The van der Waals surface area contributed by atoms with Gasteiger partial charge in [0.1, 0.15) is 0 Å². The average Bonchev–Trinajstić information content (AvgIpc) is 2.30. The second kappa shape index (κ2) is 8.52. The van der Waals surface area contributed by atoms with Crippen molar-refractivity contribution in [2.45, 2.75) is 59.8 Å². The van der Waals surface area contributed by atoms with Gasteiger partial charge in [0.2, 0.25) is 0 Å². The van der Waals surface area contributed by atoms with Crippen molar-refractivity contribution < 1.29 is 0 Å². The summed E-state index contributed by atoms with van der Waals surface area (Å²) in [5.74, 6) is 0.769. The Morgan fingerprint density at radius 3 is 1.93 bits per heavy atom. The Balaban J connectivity index is 0.000000921. The van der Waals surface area contributed by atoms with Gasteiger partial charge in [-0.3, -0.25) is 0 Å². The lowest BCUT2D eigenvalue weighted by Crippen LogP contribution is -1.96. The lowest BCUT2D eigenvalue weighted by Gasteiger charge is -2.14. The smallest absolute Gasteiger partial charge is 0.0165 e. The van der Waals surface area contributed by atoms with Crippen LogP contribution in [0.3, 0.4) is 0 Å². The molecule has 0 aliphatic heterocycles. The monoisotopic (exact) mass is 206 g/mol. The van der Waals surface area contributed by atoms with Crippen LogP contribution in [0, 0.1) is 6.92 Å². The summed E-state index contributed by atoms with van der Waals surface area (Å²) in [5, 5.41) is 0. The van der Waals surface area contributed by atoms with Gasteiger partial charge >= 0.3 is 0 Å². The zero-order valence-corrected chi connectivity index (χ0v) is 11.0. The summed E-state index contributed by atoms with van der Waals surface area (Å²) in [6.45, 7) is 10.7. The Kier molecular flexibility index (Phi) is 8.08. The number of benzene rings is 1. The van der Waals surface area contributed by atoms with Crippen LogP contribution >= 0.6 is 0 Å². The maximum Gasteiger partial charge on any atom is -0.0165 e. The van der Waals surface area contributed by atoms with E-state index in [1.807, 2.05) is 13.8 Å². The lowest BCUT2D eigenvalue weighted by atomic mass is 9.92. The zero-order chi connectivity index (χ0) is 11.7. The van der Waals surface area contributed by atoms with Gasteiger partial charge in [-0.15, -0.1) is 0 Å². The van der Waals surface area contributed by atoms with Crippen LogP contribution in [0.5, 0.6) is 0 Å². The highest BCUT2D eigenvalue weighted by atomic mass is 14.1. The van der Waals surface area contributed by atoms with Gasteiger partial charge in [0.15, 0.2) is 0 Å². The molecule has 0 fully saturated rings. The molecule has 0 bridgehead atoms. The third-order valence-electron chi connectivity index (χ3n) is 2.68. The topological polar surface area (TPSA) is 0 Å². The normalized spacial score (nSPS) is 11.5. The average molecular weight is 206 g/mol. The van der Waals surface area contributed by atoms with Gasteiger partial charge in [0, 0.05) is 0 Å². The van der Waals surface area contributed by atoms with Crippen LogP contribution in [0.2, 0.25) is 0 Å². The first-order chi connectivity index (χ1) is 7.27. The molecule has 1 unspecified atom stereocenters. The van der Waals surface area contributed by atoms with E-state index in [1.54, 1.807) is 0 Å². The fourth-order valence-electron chi connectivity index (χ4n) is 1.79. The molecule has 0 aliphatic rings. The van der Waals surface area contributed by atoms with Crippen molar-refractivity contribution in [3.8, 4) is 0 Å². The molecule has 0 radical (unpaired) electrons. The van der Waals surface area contributed by atoms with Gasteiger partial charge in [-0.05, 0) is 31.2 Å². The fraction of sp³-hybridized carbons (Fsp3) is 0.600. The van der Waals surface area contributed by atoms with Gasteiger partial charge < -0.3 is 0 Å². The van der Waals surface area contributed by atoms with Crippen LogP contribution in [-0.2, 0) is 0 Å². The van der Waals surface area contributed by atoms with Crippen molar-refractivity contribution in [1.29, 1.82) is 0 Å². The Morgan fingerprint density at radius 2 is 1.53 bits per heavy atom. The van der Waals surface area contributed by atoms with E-state index in [9.17, 15) is 0 Å². The van der Waals surface area contributed by atoms with Crippen molar-refractivity contribution in [1.82, 2.24) is 0 Å². The molecule has 0 spiro atoms. The van der Waals surface area contributed by atoms with E-state index >= 15 is 0 Å². The molecule has 0 N–H and O–H groups in total. The molecule has 0 aliphatic carbocycles. The maximum absolute atomic E-state index is 2.28. The fourth-order valence-corrected chi connectivity index (χ4v) is 1.79. The standard InChI is InChI=1S/C13H20.C2H6/c1-4-6-12(5-2)13-9-7-11(3)8-10-13;1-2/h7-10,12H,4-6H2,1-3H3;1-2H3. The summed E-state index contributed by atoms with van der Waals surface area (Å²) in [5.41, 5.74) is 2.87. The largest absolute Gasteiger partial charge is 0.0683 e. The highest BCUT2D eigenvalue weighted by Gasteiger charge is 2.06. The van der Waals surface area contributed by atoms with Crippen molar-refractivity contribution >= 4 is 0 Å². The molecular formula is C15H26. The predicted octanol–water partition coefficient (Wildman–Crippen LogP) is 5.31. The number of hydrogen-bond donors (Lipinski definition) is 0. The quantitative estimate of drug-likeness (QED) is 0.626. The highest BCUT2D eigenvalue weighted by molar-refractivity contribution is 5.24. The molecule has 1 aromatic rings. The molecule has 0 saturated heterocycles. The second-order valence-corrected chi connectivity index (χ2v) is 3.80. The Bertz CT molecular complexity index is 233. The Labute approximate surface area is 95.7 Å². The number of rotatable bonds is 4. The summed E-state index contributed by atoms with van der Waals surface area (Å²) < 4.78 is 0. The third-order valence-corrected chi connectivity index (χ3v) is 2.68. The first kappa shape index (κ1) is 14.2. The first-order valence-electron chi connectivity index (χ1n) is 6.34. The van der Waals surface area contributed by atoms with Crippen LogP contribution < -0.4 is 0 Å². The zero-order valence-electron chi connectivity index (χ0n) is 11.0. The van der Waals surface area contributed by atoms with E-state index in [1.165, 1.54) is 30.4 Å². The van der Waals surface area contributed by atoms with E-state index in [-0.39, 0.29) is 0 Å². The third kappa shape index (κ3) is 5.01. The molecule has 86 valence electrons. The van der Waals surface area contributed by atoms with E-state index in [4.69, 9.17) is 0 Å². The molecule has 0 heteroatoms. The first-order valence-corrected chi connectivity index (χ1v) is 6.34. The molecule has 1 aromatic carbocycles. The van der Waals surface area contributed by atoms with Gasteiger partial charge in [0.05, 0.1) is 0 Å².